The first kappa shape index (κ1) is 16.5. The summed E-state index contributed by atoms with van der Waals surface area (Å²) in [6, 6.07) is 10.4. The van der Waals surface area contributed by atoms with Crippen molar-refractivity contribution in [2.75, 3.05) is 20.1 Å². The summed E-state index contributed by atoms with van der Waals surface area (Å²) in [5.74, 6) is 0. The van der Waals surface area contributed by atoms with E-state index in [1.54, 1.807) is 0 Å². The normalized spacial score (nSPS) is 18.1. The van der Waals surface area contributed by atoms with Crippen molar-refractivity contribution in [2.45, 2.75) is 64.5 Å². The molecule has 1 aliphatic carbocycles. The largest absolute Gasteiger partial charge is 0.312 e. The summed E-state index contributed by atoms with van der Waals surface area (Å²) in [6.45, 7) is 6.81. The van der Waals surface area contributed by atoms with Gasteiger partial charge in [-0.05, 0) is 44.0 Å². The Morgan fingerprint density at radius 2 is 1.76 bits per heavy atom. The topological polar surface area (TPSA) is 15.3 Å². The molecule has 0 aliphatic heterocycles. The van der Waals surface area contributed by atoms with E-state index < -0.39 is 0 Å². The summed E-state index contributed by atoms with van der Waals surface area (Å²) in [4.78, 5) is 2.69. The number of nitrogens with zero attached hydrogens (tertiary/aromatic N) is 1. The van der Waals surface area contributed by atoms with Crippen LogP contribution in [-0.2, 0) is 6.42 Å². The Morgan fingerprint density at radius 1 is 1.10 bits per heavy atom. The zero-order valence-electron chi connectivity index (χ0n) is 14.1. The van der Waals surface area contributed by atoms with Gasteiger partial charge in [0.2, 0.25) is 0 Å². The fourth-order valence-electron chi connectivity index (χ4n) is 3.57. The third-order valence-corrected chi connectivity index (χ3v) is 5.05. The fourth-order valence-corrected chi connectivity index (χ4v) is 3.57. The molecule has 1 saturated carbocycles. The van der Waals surface area contributed by atoms with Gasteiger partial charge >= 0.3 is 0 Å². The van der Waals surface area contributed by atoms with Gasteiger partial charge in [-0.25, -0.2) is 0 Å². The Kier molecular flexibility index (Phi) is 6.72. The van der Waals surface area contributed by atoms with E-state index in [1.165, 1.54) is 43.2 Å². The number of nitrogens with one attached hydrogen (secondary N) is 1. The van der Waals surface area contributed by atoms with Crippen LogP contribution in [0.25, 0.3) is 0 Å². The molecular weight excluding hydrogens is 256 g/mol. The molecule has 2 heteroatoms. The summed E-state index contributed by atoms with van der Waals surface area (Å²) in [6.07, 6.45) is 8.15. The second-order valence-electron chi connectivity index (χ2n) is 6.32. The third kappa shape index (κ3) is 4.55. The van der Waals surface area contributed by atoms with Crippen molar-refractivity contribution in [2.24, 2.45) is 0 Å². The van der Waals surface area contributed by atoms with Crippen LogP contribution in [0.4, 0.5) is 0 Å². The molecule has 1 aliphatic rings. The van der Waals surface area contributed by atoms with Gasteiger partial charge in [0, 0.05) is 18.6 Å². The summed E-state index contributed by atoms with van der Waals surface area (Å²) in [7, 11) is 2.09. The van der Waals surface area contributed by atoms with E-state index in [2.05, 4.69) is 55.4 Å². The second kappa shape index (κ2) is 8.55. The first-order chi connectivity index (χ1) is 10.3. The molecule has 1 aromatic rings. The number of aryl methyl sites for hydroxylation is 1. The molecule has 0 bridgehead atoms. The summed E-state index contributed by atoms with van der Waals surface area (Å²) >= 11 is 0. The molecule has 0 aromatic heterocycles. The monoisotopic (exact) mass is 288 g/mol. The SMILES string of the molecule is CCc1ccc(C(CN(CC)C2CCCCC2)NC)cc1. The van der Waals surface area contributed by atoms with E-state index in [1.807, 2.05) is 0 Å². The predicted octanol–water partition coefficient (Wildman–Crippen LogP) is 4.16. The van der Waals surface area contributed by atoms with Gasteiger partial charge in [-0.2, -0.15) is 0 Å². The Hall–Kier alpha value is -0.860. The molecule has 0 radical (unpaired) electrons. The Bertz CT molecular complexity index is 393. The maximum absolute atomic E-state index is 3.52. The lowest BCUT2D eigenvalue weighted by Crippen LogP contribution is -2.41. The molecule has 2 nitrogen and oxygen atoms in total. The average Bonchev–Trinajstić information content (AvgIpc) is 2.57. The highest BCUT2D eigenvalue weighted by atomic mass is 15.2. The van der Waals surface area contributed by atoms with Crippen molar-refractivity contribution >= 4 is 0 Å². The molecule has 0 heterocycles. The molecule has 0 saturated heterocycles. The smallest absolute Gasteiger partial charge is 0.0446 e. The van der Waals surface area contributed by atoms with Crippen molar-refractivity contribution in [1.29, 1.82) is 0 Å². The van der Waals surface area contributed by atoms with Gasteiger partial charge in [-0.15, -0.1) is 0 Å². The number of likely N-dealkylation sites (N-methyl/N-ethyl adjacent to an activating group) is 2. The minimum absolute atomic E-state index is 0.442. The lowest BCUT2D eigenvalue weighted by atomic mass is 9.93. The highest BCUT2D eigenvalue weighted by Gasteiger charge is 2.22. The quantitative estimate of drug-likeness (QED) is 0.810. The maximum Gasteiger partial charge on any atom is 0.0446 e. The Labute approximate surface area is 130 Å². The van der Waals surface area contributed by atoms with E-state index >= 15 is 0 Å². The van der Waals surface area contributed by atoms with E-state index in [4.69, 9.17) is 0 Å². The number of hydrogen-bond acceptors (Lipinski definition) is 2. The fraction of sp³-hybridized carbons (Fsp3) is 0.684. The molecule has 1 aromatic carbocycles. The van der Waals surface area contributed by atoms with Crippen LogP contribution >= 0.6 is 0 Å². The van der Waals surface area contributed by atoms with Crippen LogP contribution in [0.15, 0.2) is 24.3 Å². The summed E-state index contributed by atoms with van der Waals surface area (Å²) in [5.41, 5.74) is 2.84. The highest BCUT2D eigenvalue weighted by Crippen LogP contribution is 2.24. The van der Waals surface area contributed by atoms with Gasteiger partial charge < -0.3 is 5.32 Å². The van der Waals surface area contributed by atoms with Crippen LogP contribution in [0, 0.1) is 0 Å². The van der Waals surface area contributed by atoms with Gasteiger partial charge in [0.05, 0.1) is 0 Å². The van der Waals surface area contributed by atoms with E-state index in [9.17, 15) is 0 Å². The molecule has 1 fully saturated rings. The molecule has 1 unspecified atom stereocenters. The lowest BCUT2D eigenvalue weighted by molar-refractivity contribution is 0.149. The maximum atomic E-state index is 3.52. The number of benzene rings is 1. The van der Waals surface area contributed by atoms with Crippen LogP contribution < -0.4 is 5.32 Å². The van der Waals surface area contributed by atoms with Crippen LogP contribution in [0.2, 0.25) is 0 Å². The van der Waals surface area contributed by atoms with Crippen molar-refractivity contribution in [3.05, 3.63) is 35.4 Å². The van der Waals surface area contributed by atoms with Crippen molar-refractivity contribution in [3.63, 3.8) is 0 Å². The molecule has 21 heavy (non-hydrogen) atoms. The second-order valence-corrected chi connectivity index (χ2v) is 6.32. The molecule has 2 rings (SSSR count). The van der Waals surface area contributed by atoms with E-state index in [0.717, 1.165) is 25.6 Å². The van der Waals surface area contributed by atoms with Gasteiger partial charge in [-0.1, -0.05) is 57.4 Å². The minimum atomic E-state index is 0.442. The Balaban J connectivity index is 2.01. The van der Waals surface area contributed by atoms with Crippen LogP contribution in [0.1, 0.15) is 63.1 Å². The Morgan fingerprint density at radius 3 is 2.29 bits per heavy atom. The summed E-state index contributed by atoms with van der Waals surface area (Å²) < 4.78 is 0. The van der Waals surface area contributed by atoms with Gasteiger partial charge in [0.15, 0.2) is 0 Å². The first-order valence-corrected chi connectivity index (χ1v) is 8.78. The lowest BCUT2D eigenvalue weighted by Gasteiger charge is -2.36. The first-order valence-electron chi connectivity index (χ1n) is 8.78. The molecule has 1 atom stereocenters. The number of hydrogen-bond donors (Lipinski definition) is 1. The van der Waals surface area contributed by atoms with Crippen molar-refractivity contribution < 1.29 is 0 Å². The minimum Gasteiger partial charge on any atom is -0.312 e. The van der Waals surface area contributed by atoms with Gasteiger partial charge in [0.1, 0.15) is 0 Å². The van der Waals surface area contributed by atoms with Crippen LogP contribution in [0.3, 0.4) is 0 Å². The van der Waals surface area contributed by atoms with Gasteiger partial charge in [-0.3, -0.25) is 4.90 Å². The van der Waals surface area contributed by atoms with E-state index in [0.29, 0.717) is 6.04 Å². The zero-order valence-corrected chi connectivity index (χ0v) is 14.1. The average molecular weight is 288 g/mol. The van der Waals surface area contributed by atoms with Crippen molar-refractivity contribution in [1.82, 2.24) is 10.2 Å². The zero-order chi connectivity index (χ0) is 15.1. The summed E-state index contributed by atoms with van der Waals surface area (Å²) in [5, 5.41) is 3.52. The van der Waals surface area contributed by atoms with Crippen LogP contribution in [0.5, 0.6) is 0 Å². The molecule has 0 spiro atoms. The predicted molar refractivity (Wildman–Crippen MR) is 91.7 cm³/mol. The van der Waals surface area contributed by atoms with E-state index in [-0.39, 0.29) is 0 Å². The molecular formula is C19H32N2. The molecule has 0 amide bonds. The van der Waals surface area contributed by atoms with Crippen molar-refractivity contribution in [3.8, 4) is 0 Å². The third-order valence-electron chi connectivity index (χ3n) is 5.05. The standard InChI is InChI=1S/C19H32N2/c1-4-16-11-13-17(14-12-16)19(20-3)15-21(5-2)18-9-7-6-8-10-18/h11-14,18-20H,4-10,15H2,1-3H3. The van der Waals surface area contributed by atoms with Crippen LogP contribution in [-0.4, -0.2) is 31.1 Å². The number of rotatable bonds is 7. The molecule has 1 N–H and O–H groups in total. The van der Waals surface area contributed by atoms with Gasteiger partial charge in [0.25, 0.3) is 0 Å². The highest BCUT2D eigenvalue weighted by molar-refractivity contribution is 5.25. The molecule has 118 valence electrons.